The average molecular weight is 264 g/mol. The van der Waals surface area contributed by atoms with Crippen LogP contribution in [0, 0.1) is 0 Å². The summed E-state index contributed by atoms with van der Waals surface area (Å²) in [7, 11) is 0. The molecule has 0 aliphatic carbocycles. The maximum Gasteiger partial charge on any atom is 0.328 e. The molecule has 0 bridgehead atoms. The number of rotatable bonds is 4. The van der Waals surface area contributed by atoms with Gasteiger partial charge in [0.25, 0.3) is 5.91 Å². The van der Waals surface area contributed by atoms with E-state index in [0.717, 1.165) is 11.3 Å². The normalized spacial score (nSPS) is 11.9. The molecule has 0 saturated heterocycles. The van der Waals surface area contributed by atoms with Crippen LogP contribution in [-0.2, 0) is 9.53 Å². The summed E-state index contributed by atoms with van der Waals surface area (Å²) < 4.78 is 4.91. The number of carbonyl (C=O) groups is 2. The van der Waals surface area contributed by atoms with Crippen LogP contribution in [0.4, 0.5) is 0 Å². The highest BCUT2D eigenvalue weighted by atomic mass is 35.5. The Morgan fingerprint density at radius 2 is 2.25 bits per heavy atom. The number of halogens is 1. The Kier molecular flexibility index (Phi) is 4.63. The van der Waals surface area contributed by atoms with E-state index in [-0.39, 0.29) is 16.1 Å². The molecular formula is C8H10ClN3O3S. The van der Waals surface area contributed by atoms with Crippen molar-refractivity contribution in [1.82, 2.24) is 15.5 Å². The fourth-order valence-electron chi connectivity index (χ4n) is 0.882. The summed E-state index contributed by atoms with van der Waals surface area (Å²) in [5.41, 5.74) is 0. The standard InChI is InChI=1S/C8H10ClN3O3S/c1-3-15-7(14)4(2)10-5(13)6-11-12-8(9)16-6/h4H,3H2,1-2H3,(H,10,13). The van der Waals surface area contributed by atoms with Crippen molar-refractivity contribution in [1.29, 1.82) is 0 Å². The highest BCUT2D eigenvalue weighted by Crippen LogP contribution is 2.14. The van der Waals surface area contributed by atoms with E-state index < -0.39 is 17.9 Å². The Morgan fingerprint density at radius 3 is 2.75 bits per heavy atom. The van der Waals surface area contributed by atoms with Crippen molar-refractivity contribution in [3.8, 4) is 0 Å². The minimum absolute atomic E-state index is 0.112. The van der Waals surface area contributed by atoms with E-state index >= 15 is 0 Å². The number of carbonyl (C=O) groups excluding carboxylic acids is 2. The first kappa shape index (κ1) is 12.9. The third-order valence-corrected chi connectivity index (χ3v) is 2.60. The lowest BCUT2D eigenvalue weighted by molar-refractivity contribution is -0.144. The van der Waals surface area contributed by atoms with E-state index in [1.807, 2.05) is 0 Å². The molecular weight excluding hydrogens is 254 g/mol. The molecule has 0 aromatic carbocycles. The van der Waals surface area contributed by atoms with Gasteiger partial charge in [-0.2, -0.15) is 0 Å². The summed E-state index contributed by atoms with van der Waals surface area (Å²) in [5.74, 6) is -0.989. The van der Waals surface area contributed by atoms with Crippen LogP contribution in [0.25, 0.3) is 0 Å². The second-order valence-electron chi connectivity index (χ2n) is 2.81. The highest BCUT2D eigenvalue weighted by molar-refractivity contribution is 7.17. The van der Waals surface area contributed by atoms with E-state index in [1.165, 1.54) is 6.92 Å². The fraction of sp³-hybridized carbons (Fsp3) is 0.500. The van der Waals surface area contributed by atoms with E-state index in [9.17, 15) is 9.59 Å². The van der Waals surface area contributed by atoms with Gasteiger partial charge in [-0.1, -0.05) is 11.3 Å². The Hall–Kier alpha value is -1.21. The van der Waals surface area contributed by atoms with Gasteiger partial charge in [0.1, 0.15) is 6.04 Å². The van der Waals surface area contributed by atoms with Crippen LogP contribution in [0.3, 0.4) is 0 Å². The highest BCUT2D eigenvalue weighted by Gasteiger charge is 2.19. The molecule has 0 spiro atoms. The van der Waals surface area contributed by atoms with E-state index in [1.54, 1.807) is 6.92 Å². The number of ether oxygens (including phenoxy) is 1. The van der Waals surface area contributed by atoms with Gasteiger partial charge in [-0.25, -0.2) is 4.79 Å². The molecule has 0 aliphatic rings. The molecule has 0 fully saturated rings. The molecule has 88 valence electrons. The summed E-state index contributed by atoms with van der Waals surface area (Å²) in [5, 5.41) is 9.57. The SMILES string of the molecule is CCOC(=O)C(C)NC(=O)c1nnc(Cl)s1. The summed E-state index contributed by atoms with van der Waals surface area (Å²) in [6, 6.07) is -0.727. The number of aromatic nitrogens is 2. The zero-order valence-electron chi connectivity index (χ0n) is 8.69. The molecule has 1 heterocycles. The number of hydrogen-bond acceptors (Lipinski definition) is 6. The Bertz CT molecular complexity index is 396. The van der Waals surface area contributed by atoms with Crippen molar-refractivity contribution in [2.75, 3.05) is 6.61 Å². The van der Waals surface area contributed by atoms with Gasteiger partial charge in [0.05, 0.1) is 6.61 Å². The van der Waals surface area contributed by atoms with Crippen LogP contribution < -0.4 is 5.32 Å². The first-order valence-corrected chi connectivity index (χ1v) is 5.70. The molecule has 6 nitrogen and oxygen atoms in total. The fourth-order valence-corrected chi connectivity index (χ4v) is 1.61. The third kappa shape index (κ3) is 3.42. The van der Waals surface area contributed by atoms with Gasteiger partial charge < -0.3 is 10.1 Å². The predicted octanol–water partition coefficient (Wildman–Crippen LogP) is 0.873. The maximum atomic E-state index is 11.5. The van der Waals surface area contributed by atoms with Gasteiger partial charge in [0, 0.05) is 0 Å². The Balaban J connectivity index is 2.54. The van der Waals surface area contributed by atoms with Crippen LogP contribution in [0.2, 0.25) is 4.47 Å². The largest absolute Gasteiger partial charge is 0.464 e. The van der Waals surface area contributed by atoms with Crippen LogP contribution in [-0.4, -0.2) is 34.7 Å². The number of esters is 1. The molecule has 0 saturated carbocycles. The second-order valence-corrected chi connectivity index (χ2v) is 4.37. The number of amides is 1. The molecule has 1 rings (SSSR count). The lowest BCUT2D eigenvalue weighted by atomic mass is 10.3. The van der Waals surface area contributed by atoms with Crippen molar-refractivity contribution in [2.24, 2.45) is 0 Å². The van der Waals surface area contributed by atoms with Crippen molar-refractivity contribution in [3.63, 3.8) is 0 Å². The summed E-state index contributed by atoms with van der Waals surface area (Å²) >= 11 is 6.47. The molecule has 1 amide bonds. The van der Waals surface area contributed by atoms with Gasteiger partial charge >= 0.3 is 5.97 Å². The first-order chi connectivity index (χ1) is 7.54. The van der Waals surface area contributed by atoms with Gasteiger partial charge in [0.15, 0.2) is 0 Å². The van der Waals surface area contributed by atoms with Crippen LogP contribution in [0.1, 0.15) is 23.6 Å². The smallest absolute Gasteiger partial charge is 0.328 e. The molecule has 1 aromatic heterocycles. The Morgan fingerprint density at radius 1 is 1.56 bits per heavy atom. The second kappa shape index (κ2) is 5.76. The van der Waals surface area contributed by atoms with Gasteiger partial charge in [-0.3, -0.25) is 4.79 Å². The molecule has 8 heteroatoms. The average Bonchev–Trinajstić information content (AvgIpc) is 2.65. The zero-order valence-corrected chi connectivity index (χ0v) is 10.3. The quantitative estimate of drug-likeness (QED) is 0.816. The maximum absolute atomic E-state index is 11.5. The molecule has 1 atom stereocenters. The topological polar surface area (TPSA) is 81.2 Å². The molecule has 0 aliphatic heterocycles. The number of nitrogens with zero attached hydrogens (tertiary/aromatic N) is 2. The van der Waals surface area contributed by atoms with E-state index in [4.69, 9.17) is 16.3 Å². The molecule has 0 radical (unpaired) electrons. The third-order valence-electron chi connectivity index (χ3n) is 1.58. The van der Waals surface area contributed by atoms with Gasteiger partial charge in [-0.15, -0.1) is 10.2 Å². The summed E-state index contributed by atoms with van der Waals surface area (Å²) in [6.45, 7) is 3.49. The predicted molar refractivity (Wildman–Crippen MR) is 58.5 cm³/mol. The zero-order chi connectivity index (χ0) is 12.1. The monoisotopic (exact) mass is 263 g/mol. The lowest BCUT2D eigenvalue weighted by Gasteiger charge is -2.10. The number of hydrogen-bond donors (Lipinski definition) is 1. The molecule has 1 unspecified atom stereocenters. The van der Waals surface area contributed by atoms with Crippen molar-refractivity contribution in [3.05, 3.63) is 9.47 Å². The van der Waals surface area contributed by atoms with Gasteiger partial charge in [-0.05, 0) is 25.4 Å². The first-order valence-electron chi connectivity index (χ1n) is 4.51. The van der Waals surface area contributed by atoms with Crippen LogP contribution in [0.5, 0.6) is 0 Å². The van der Waals surface area contributed by atoms with Crippen LogP contribution in [0.15, 0.2) is 0 Å². The molecule has 1 N–H and O–H groups in total. The van der Waals surface area contributed by atoms with Crippen molar-refractivity contribution in [2.45, 2.75) is 19.9 Å². The minimum Gasteiger partial charge on any atom is -0.464 e. The lowest BCUT2D eigenvalue weighted by Crippen LogP contribution is -2.39. The van der Waals surface area contributed by atoms with E-state index in [0.29, 0.717) is 0 Å². The van der Waals surface area contributed by atoms with E-state index in [2.05, 4.69) is 15.5 Å². The molecule has 1 aromatic rings. The van der Waals surface area contributed by atoms with Crippen molar-refractivity contribution >= 4 is 34.8 Å². The van der Waals surface area contributed by atoms with Crippen LogP contribution >= 0.6 is 22.9 Å². The molecule has 16 heavy (non-hydrogen) atoms. The van der Waals surface area contributed by atoms with Gasteiger partial charge in [0.2, 0.25) is 9.47 Å². The van der Waals surface area contributed by atoms with Crippen molar-refractivity contribution < 1.29 is 14.3 Å². The summed E-state index contributed by atoms with van der Waals surface area (Å²) in [6.07, 6.45) is 0. The summed E-state index contributed by atoms with van der Waals surface area (Å²) in [4.78, 5) is 22.7. The Labute approximate surface area is 101 Å². The minimum atomic E-state index is -0.727. The number of nitrogens with one attached hydrogen (secondary N) is 1.